The van der Waals surface area contributed by atoms with Gasteiger partial charge in [0.2, 0.25) is 0 Å². The third-order valence-electron chi connectivity index (χ3n) is 4.01. The topological polar surface area (TPSA) is 86.9 Å². The molecule has 0 aliphatic carbocycles. The van der Waals surface area contributed by atoms with Gasteiger partial charge in [0.15, 0.2) is 0 Å². The van der Waals surface area contributed by atoms with Gasteiger partial charge in [-0.2, -0.15) is 5.10 Å². The van der Waals surface area contributed by atoms with Crippen LogP contribution in [-0.4, -0.2) is 50.9 Å². The third-order valence-corrected chi connectivity index (χ3v) is 4.01. The molecule has 1 aliphatic rings. The Kier molecular flexibility index (Phi) is 4.65. The maximum atomic E-state index is 11.3. The molecule has 1 fully saturated rings. The molecule has 0 unspecified atom stereocenters. The third kappa shape index (κ3) is 3.80. The van der Waals surface area contributed by atoms with E-state index in [4.69, 9.17) is 4.74 Å². The van der Waals surface area contributed by atoms with E-state index in [1.807, 2.05) is 13.1 Å². The minimum Gasteiger partial charge on any atom is -0.376 e. The summed E-state index contributed by atoms with van der Waals surface area (Å²) in [6.45, 7) is 5.51. The van der Waals surface area contributed by atoms with Crippen LogP contribution in [0.4, 0.5) is 0 Å². The lowest BCUT2D eigenvalue weighted by atomic mass is 10.1. The van der Waals surface area contributed by atoms with Gasteiger partial charge in [-0.3, -0.25) is 14.8 Å². The fraction of sp³-hybridized carbons (Fsp3) is 0.533. The second-order valence-electron chi connectivity index (χ2n) is 5.69. The van der Waals surface area contributed by atoms with Gasteiger partial charge in [0.25, 0.3) is 5.56 Å². The Balaban J connectivity index is 1.52. The van der Waals surface area contributed by atoms with Crippen LogP contribution in [-0.2, 0) is 17.7 Å². The number of aryl methyl sites for hydroxylation is 2. The Labute approximate surface area is 128 Å². The molecule has 0 radical (unpaired) electrons. The number of aromatic nitrogens is 4. The largest absolute Gasteiger partial charge is 0.376 e. The van der Waals surface area contributed by atoms with Crippen molar-refractivity contribution in [2.75, 3.05) is 19.7 Å². The van der Waals surface area contributed by atoms with Crippen LogP contribution in [0, 0.1) is 6.92 Å². The molecule has 0 spiro atoms. The molecule has 0 aromatic carbocycles. The van der Waals surface area contributed by atoms with Crippen LogP contribution in [0.15, 0.2) is 23.4 Å². The summed E-state index contributed by atoms with van der Waals surface area (Å²) in [5.41, 5.74) is 3.06. The monoisotopic (exact) mass is 303 g/mol. The molecule has 7 heteroatoms. The molecular weight excluding hydrogens is 282 g/mol. The van der Waals surface area contributed by atoms with E-state index in [0.717, 1.165) is 50.5 Å². The van der Waals surface area contributed by atoms with E-state index in [-0.39, 0.29) is 11.7 Å². The van der Waals surface area contributed by atoms with Crippen molar-refractivity contribution in [1.82, 2.24) is 25.1 Å². The van der Waals surface area contributed by atoms with Gasteiger partial charge in [-0.1, -0.05) is 0 Å². The van der Waals surface area contributed by atoms with Crippen LogP contribution < -0.4 is 5.56 Å². The van der Waals surface area contributed by atoms with Crippen LogP contribution in [0.5, 0.6) is 0 Å². The van der Waals surface area contributed by atoms with Crippen molar-refractivity contribution in [3.05, 3.63) is 45.9 Å². The molecule has 2 aromatic heterocycles. The lowest BCUT2D eigenvalue weighted by molar-refractivity contribution is -0.0347. The predicted octanol–water partition coefficient (Wildman–Crippen LogP) is 0.635. The molecule has 0 saturated carbocycles. The van der Waals surface area contributed by atoms with Gasteiger partial charge in [-0.25, -0.2) is 4.98 Å². The molecule has 3 rings (SSSR count). The second-order valence-corrected chi connectivity index (χ2v) is 5.69. The number of H-pyrrole nitrogens is 2. The Bertz CT molecular complexity index is 666. The van der Waals surface area contributed by atoms with Gasteiger partial charge >= 0.3 is 0 Å². The van der Waals surface area contributed by atoms with E-state index in [9.17, 15) is 4.79 Å². The number of nitrogens with zero attached hydrogens (tertiary/aromatic N) is 3. The molecule has 118 valence electrons. The highest BCUT2D eigenvalue weighted by Gasteiger charge is 2.21. The van der Waals surface area contributed by atoms with E-state index < -0.39 is 0 Å². The highest BCUT2D eigenvalue weighted by Crippen LogP contribution is 2.15. The van der Waals surface area contributed by atoms with E-state index in [2.05, 4.69) is 25.1 Å². The van der Waals surface area contributed by atoms with Crippen LogP contribution in [0.1, 0.15) is 23.4 Å². The summed E-state index contributed by atoms with van der Waals surface area (Å²) in [6, 6.07) is 1.55. The number of morpholine rings is 1. The summed E-state index contributed by atoms with van der Waals surface area (Å²) in [5.74, 6) is 0. The van der Waals surface area contributed by atoms with Gasteiger partial charge < -0.3 is 9.72 Å². The van der Waals surface area contributed by atoms with Crippen molar-refractivity contribution in [2.24, 2.45) is 0 Å². The quantitative estimate of drug-likeness (QED) is 0.846. The zero-order valence-electron chi connectivity index (χ0n) is 12.7. The van der Waals surface area contributed by atoms with Gasteiger partial charge in [0, 0.05) is 42.7 Å². The first kappa shape index (κ1) is 14.9. The standard InChI is InChI=1S/C15H21N5O2/c1-11-12(7-18-19-11)8-20-4-5-22-14(9-20)3-2-13-6-15(21)17-10-16-13/h6-7,10,14H,2-5,8-9H2,1H3,(H,18,19)(H,16,17,21)/t14-/m1/s1. The van der Waals surface area contributed by atoms with Crippen LogP contribution >= 0.6 is 0 Å². The van der Waals surface area contributed by atoms with Gasteiger partial charge in [-0.15, -0.1) is 0 Å². The molecule has 7 nitrogen and oxygen atoms in total. The molecule has 1 saturated heterocycles. The van der Waals surface area contributed by atoms with Crippen LogP contribution in [0.25, 0.3) is 0 Å². The second kappa shape index (κ2) is 6.85. The first-order valence-corrected chi connectivity index (χ1v) is 7.57. The van der Waals surface area contributed by atoms with E-state index in [1.165, 1.54) is 11.9 Å². The molecule has 2 aromatic rings. The minimum absolute atomic E-state index is 0.105. The molecule has 22 heavy (non-hydrogen) atoms. The normalized spacial score (nSPS) is 19.4. The average molecular weight is 303 g/mol. The maximum Gasteiger partial charge on any atom is 0.250 e. The van der Waals surface area contributed by atoms with E-state index in [0.29, 0.717) is 0 Å². The number of aromatic amines is 2. The molecular formula is C15H21N5O2. The first-order chi connectivity index (χ1) is 10.7. The molecule has 0 amide bonds. The van der Waals surface area contributed by atoms with Crippen LogP contribution in [0.3, 0.4) is 0 Å². The lowest BCUT2D eigenvalue weighted by Gasteiger charge is -2.32. The number of rotatable bonds is 5. The Hall–Kier alpha value is -1.99. The summed E-state index contributed by atoms with van der Waals surface area (Å²) >= 11 is 0. The zero-order valence-corrected chi connectivity index (χ0v) is 12.7. The summed E-state index contributed by atoms with van der Waals surface area (Å²) in [4.78, 5) is 20.4. The van der Waals surface area contributed by atoms with Gasteiger partial charge in [0.05, 0.1) is 25.2 Å². The van der Waals surface area contributed by atoms with Crippen molar-refractivity contribution in [3.8, 4) is 0 Å². The molecule has 1 atom stereocenters. The smallest absolute Gasteiger partial charge is 0.250 e. The maximum absolute atomic E-state index is 11.3. The Morgan fingerprint density at radius 1 is 1.50 bits per heavy atom. The minimum atomic E-state index is -0.105. The Morgan fingerprint density at radius 3 is 3.18 bits per heavy atom. The highest BCUT2D eigenvalue weighted by molar-refractivity contribution is 5.14. The summed E-state index contributed by atoms with van der Waals surface area (Å²) in [7, 11) is 0. The summed E-state index contributed by atoms with van der Waals surface area (Å²) < 4.78 is 5.83. The van der Waals surface area contributed by atoms with Crippen molar-refractivity contribution in [2.45, 2.75) is 32.4 Å². The number of hydrogen-bond donors (Lipinski definition) is 2. The lowest BCUT2D eigenvalue weighted by Crippen LogP contribution is -2.42. The molecule has 2 N–H and O–H groups in total. The Morgan fingerprint density at radius 2 is 2.41 bits per heavy atom. The average Bonchev–Trinajstić information content (AvgIpc) is 2.91. The van der Waals surface area contributed by atoms with Crippen molar-refractivity contribution in [1.29, 1.82) is 0 Å². The van der Waals surface area contributed by atoms with Gasteiger partial charge in [-0.05, 0) is 19.8 Å². The number of hydrogen-bond acceptors (Lipinski definition) is 5. The van der Waals surface area contributed by atoms with Crippen molar-refractivity contribution in [3.63, 3.8) is 0 Å². The predicted molar refractivity (Wildman–Crippen MR) is 81.5 cm³/mol. The fourth-order valence-electron chi connectivity index (χ4n) is 2.73. The first-order valence-electron chi connectivity index (χ1n) is 7.57. The molecule has 1 aliphatic heterocycles. The number of nitrogens with one attached hydrogen (secondary N) is 2. The van der Waals surface area contributed by atoms with Crippen molar-refractivity contribution >= 4 is 0 Å². The highest BCUT2D eigenvalue weighted by atomic mass is 16.5. The SMILES string of the molecule is Cc1[nH]ncc1CN1CCO[C@H](CCc2cc(=O)[nH]cn2)C1. The van der Waals surface area contributed by atoms with E-state index >= 15 is 0 Å². The summed E-state index contributed by atoms with van der Waals surface area (Å²) in [5, 5.41) is 7.04. The zero-order chi connectivity index (χ0) is 15.4. The number of ether oxygens (including phenoxy) is 1. The van der Waals surface area contributed by atoms with Gasteiger partial charge in [0.1, 0.15) is 0 Å². The fourth-order valence-corrected chi connectivity index (χ4v) is 2.73. The van der Waals surface area contributed by atoms with E-state index in [1.54, 1.807) is 6.07 Å². The molecule has 3 heterocycles. The van der Waals surface area contributed by atoms with Crippen molar-refractivity contribution < 1.29 is 4.74 Å². The summed E-state index contributed by atoms with van der Waals surface area (Å²) in [6.07, 6.45) is 5.15. The van der Waals surface area contributed by atoms with Crippen LogP contribution in [0.2, 0.25) is 0 Å². The molecule has 0 bridgehead atoms.